The molecule has 0 bridgehead atoms. The molecule has 0 aliphatic carbocycles. The van der Waals surface area contributed by atoms with Crippen molar-refractivity contribution < 1.29 is 18.8 Å². The van der Waals surface area contributed by atoms with E-state index in [1.165, 1.54) is 6.07 Å². The lowest BCUT2D eigenvalue weighted by Gasteiger charge is -2.32. The second-order valence-corrected chi connectivity index (χ2v) is 4.84. The fraction of sp³-hybridized carbons (Fsp3) is 0.462. The fourth-order valence-corrected chi connectivity index (χ4v) is 2.02. The van der Waals surface area contributed by atoms with Crippen LogP contribution in [0.25, 0.3) is 0 Å². The summed E-state index contributed by atoms with van der Waals surface area (Å²) in [6.45, 7) is 2.66. The van der Waals surface area contributed by atoms with Crippen LogP contribution in [0.4, 0.5) is 10.1 Å². The predicted molar refractivity (Wildman–Crippen MR) is 72.6 cm³/mol. The summed E-state index contributed by atoms with van der Waals surface area (Å²) in [5.41, 5.74) is -0.618. The summed E-state index contributed by atoms with van der Waals surface area (Å²) >= 11 is 0. The van der Waals surface area contributed by atoms with E-state index in [4.69, 9.17) is 4.74 Å². The molecule has 0 saturated carbocycles. The first-order valence-corrected chi connectivity index (χ1v) is 6.50. The molecule has 1 aliphatic heterocycles. The molecule has 21 heavy (non-hydrogen) atoms. The number of piperazine rings is 1. The number of benzene rings is 1. The first-order chi connectivity index (χ1) is 9.97. The average Bonchev–Trinajstić information content (AvgIpc) is 2.45. The summed E-state index contributed by atoms with van der Waals surface area (Å²) in [7, 11) is 1.98. The van der Waals surface area contributed by atoms with E-state index in [9.17, 15) is 19.3 Å². The van der Waals surface area contributed by atoms with Gasteiger partial charge < -0.3 is 14.5 Å². The van der Waals surface area contributed by atoms with Gasteiger partial charge >= 0.3 is 5.69 Å². The molecule has 0 spiro atoms. The summed E-state index contributed by atoms with van der Waals surface area (Å²) < 4.78 is 18.6. The van der Waals surface area contributed by atoms with Gasteiger partial charge in [0.25, 0.3) is 5.91 Å². The van der Waals surface area contributed by atoms with E-state index in [0.29, 0.717) is 13.1 Å². The van der Waals surface area contributed by atoms with E-state index in [-0.39, 0.29) is 18.3 Å². The quantitative estimate of drug-likeness (QED) is 0.609. The summed E-state index contributed by atoms with van der Waals surface area (Å²) in [4.78, 5) is 25.4. The van der Waals surface area contributed by atoms with Gasteiger partial charge in [-0.1, -0.05) is 0 Å². The molecule has 8 heteroatoms. The van der Waals surface area contributed by atoms with Gasteiger partial charge in [0.1, 0.15) is 5.75 Å². The van der Waals surface area contributed by atoms with Gasteiger partial charge in [0.05, 0.1) is 4.92 Å². The molecular weight excluding hydrogens is 281 g/mol. The number of hydrogen-bond donors (Lipinski definition) is 0. The molecule has 1 aromatic rings. The van der Waals surface area contributed by atoms with Crippen LogP contribution in [0.15, 0.2) is 18.2 Å². The van der Waals surface area contributed by atoms with Gasteiger partial charge in [-0.25, -0.2) is 0 Å². The Morgan fingerprint density at radius 3 is 2.62 bits per heavy atom. The van der Waals surface area contributed by atoms with Crippen LogP contribution >= 0.6 is 0 Å². The smallest absolute Gasteiger partial charge is 0.305 e. The minimum absolute atomic E-state index is 0.0978. The van der Waals surface area contributed by atoms with Crippen molar-refractivity contribution in [2.75, 3.05) is 39.8 Å². The molecule has 0 atom stereocenters. The van der Waals surface area contributed by atoms with Crippen LogP contribution in [-0.2, 0) is 4.79 Å². The first kappa shape index (κ1) is 15.2. The van der Waals surface area contributed by atoms with Crippen LogP contribution in [0.5, 0.6) is 5.75 Å². The molecule has 1 saturated heterocycles. The Labute approximate surface area is 121 Å². The molecule has 7 nitrogen and oxygen atoms in total. The monoisotopic (exact) mass is 297 g/mol. The largest absolute Gasteiger partial charge is 0.484 e. The summed E-state index contributed by atoms with van der Waals surface area (Å²) in [5.74, 6) is -1.06. The molecule has 1 amide bonds. The van der Waals surface area contributed by atoms with Crippen LogP contribution in [0, 0.1) is 15.9 Å². The topological polar surface area (TPSA) is 75.9 Å². The molecule has 1 aliphatic rings. The summed E-state index contributed by atoms with van der Waals surface area (Å²) in [6, 6.07) is 3.21. The van der Waals surface area contributed by atoms with Gasteiger partial charge in [-0.15, -0.1) is 0 Å². The minimum Gasteiger partial charge on any atom is -0.484 e. The van der Waals surface area contributed by atoms with E-state index >= 15 is 0 Å². The Morgan fingerprint density at radius 1 is 1.38 bits per heavy atom. The van der Waals surface area contributed by atoms with E-state index in [0.717, 1.165) is 25.2 Å². The lowest BCUT2D eigenvalue weighted by molar-refractivity contribution is -0.387. The number of rotatable bonds is 4. The number of nitro groups is 1. The fourth-order valence-electron chi connectivity index (χ4n) is 2.02. The molecule has 114 valence electrons. The molecule has 0 unspecified atom stereocenters. The van der Waals surface area contributed by atoms with Gasteiger partial charge in [-0.2, -0.15) is 4.39 Å². The molecule has 0 aromatic heterocycles. The maximum absolute atomic E-state index is 13.4. The third kappa shape index (κ3) is 3.88. The molecule has 1 aromatic carbocycles. The van der Waals surface area contributed by atoms with Crippen molar-refractivity contribution in [2.45, 2.75) is 0 Å². The number of carbonyl (C=O) groups excluding carboxylic acids is 1. The zero-order chi connectivity index (χ0) is 15.4. The van der Waals surface area contributed by atoms with Crippen molar-refractivity contribution >= 4 is 11.6 Å². The average molecular weight is 297 g/mol. The Kier molecular flexibility index (Phi) is 4.69. The Balaban J connectivity index is 1.89. The first-order valence-electron chi connectivity index (χ1n) is 6.50. The number of likely N-dealkylation sites (N-methyl/N-ethyl adjacent to an activating group) is 1. The van der Waals surface area contributed by atoms with Crippen molar-refractivity contribution in [3.8, 4) is 5.75 Å². The van der Waals surface area contributed by atoms with Crippen molar-refractivity contribution in [1.29, 1.82) is 0 Å². The lowest BCUT2D eigenvalue weighted by Crippen LogP contribution is -2.48. The Bertz CT molecular complexity index is 544. The molecule has 0 radical (unpaired) electrons. The second kappa shape index (κ2) is 6.49. The van der Waals surface area contributed by atoms with Crippen molar-refractivity contribution in [1.82, 2.24) is 9.80 Å². The van der Waals surface area contributed by atoms with Crippen LogP contribution in [0.2, 0.25) is 0 Å². The molecule has 1 heterocycles. The van der Waals surface area contributed by atoms with Crippen LogP contribution in [0.3, 0.4) is 0 Å². The molecule has 2 rings (SSSR count). The van der Waals surface area contributed by atoms with Crippen molar-refractivity contribution in [2.24, 2.45) is 0 Å². The van der Waals surface area contributed by atoms with Gasteiger partial charge in [0.2, 0.25) is 5.82 Å². The second-order valence-electron chi connectivity index (χ2n) is 4.84. The number of hydrogen-bond acceptors (Lipinski definition) is 5. The number of halogens is 1. The number of ether oxygens (including phenoxy) is 1. The van der Waals surface area contributed by atoms with Crippen LogP contribution in [0.1, 0.15) is 0 Å². The van der Waals surface area contributed by atoms with E-state index in [1.807, 2.05) is 7.05 Å². The number of carbonyl (C=O) groups is 1. The number of nitro benzene ring substituents is 1. The highest BCUT2D eigenvalue weighted by Crippen LogP contribution is 2.22. The number of amides is 1. The minimum atomic E-state index is -0.982. The highest BCUT2D eigenvalue weighted by atomic mass is 19.1. The SMILES string of the molecule is CN1CCN(C(=O)COc2ccc([N+](=O)[O-])c(F)c2)CC1. The van der Waals surface area contributed by atoms with Gasteiger partial charge in [0, 0.05) is 38.3 Å². The maximum atomic E-state index is 13.4. The third-order valence-electron chi connectivity index (χ3n) is 3.33. The van der Waals surface area contributed by atoms with Gasteiger partial charge in [-0.05, 0) is 13.1 Å². The summed E-state index contributed by atoms with van der Waals surface area (Å²) in [6.07, 6.45) is 0. The van der Waals surface area contributed by atoms with E-state index in [2.05, 4.69) is 4.90 Å². The highest BCUT2D eigenvalue weighted by molar-refractivity contribution is 5.77. The predicted octanol–water partition coefficient (Wildman–Crippen LogP) is 0.887. The van der Waals surface area contributed by atoms with Gasteiger partial charge in [-0.3, -0.25) is 14.9 Å². The van der Waals surface area contributed by atoms with Crippen molar-refractivity contribution in [3.63, 3.8) is 0 Å². The van der Waals surface area contributed by atoms with E-state index < -0.39 is 16.4 Å². The molecule has 1 fully saturated rings. The highest BCUT2D eigenvalue weighted by Gasteiger charge is 2.20. The normalized spacial score (nSPS) is 15.8. The number of nitrogens with zero attached hydrogens (tertiary/aromatic N) is 3. The third-order valence-corrected chi connectivity index (χ3v) is 3.33. The van der Waals surface area contributed by atoms with E-state index in [1.54, 1.807) is 4.90 Å². The summed E-state index contributed by atoms with van der Waals surface area (Å²) in [5, 5.41) is 10.5. The Morgan fingerprint density at radius 2 is 2.05 bits per heavy atom. The Hall–Kier alpha value is -2.22. The standard InChI is InChI=1S/C13H16FN3O4/c1-15-4-6-16(7-5-15)13(18)9-21-10-2-3-12(17(19)20)11(14)8-10/h2-3,8H,4-7,9H2,1H3. The zero-order valence-corrected chi connectivity index (χ0v) is 11.6. The van der Waals surface area contributed by atoms with Gasteiger partial charge in [0.15, 0.2) is 6.61 Å². The lowest BCUT2D eigenvalue weighted by atomic mass is 10.3. The molecule has 0 N–H and O–H groups in total. The van der Waals surface area contributed by atoms with Crippen LogP contribution in [-0.4, -0.2) is 60.5 Å². The zero-order valence-electron chi connectivity index (χ0n) is 11.6. The van der Waals surface area contributed by atoms with Crippen LogP contribution < -0.4 is 4.74 Å². The maximum Gasteiger partial charge on any atom is 0.305 e. The van der Waals surface area contributed by atoms with Crippen molar-refractivity contribution in [3.05, 3.63) is 34.1 Å². The molecular formula is C13H16FN3O4.